The molecule has 3 amide bonds. The van der Waals surface area contributed by atoms with Gasteiger partial charge in [0.05, 0.1) is 11.6 Å². The molecule has 29 heavy (non-hydrogen) atoms. The van der Waals surface area contributed by atoms with Crippen molar-refractivity contribution >= 4 is 17.6 Å². The number of nitrogens with one attached hydrogen (secondary N) is 3. The van der Waals surface area contributed by atoms with Crippen LogP contribution in [0.5, 0.6) is 0 Å². The number of amides is 3. The molecule has 0 radical (unpaired) electrons. The van der Waals surface area contributed by atoms with E-state index in [-0.39, 0.29) is 11.4 Å². The molecule has 1 fully saturated rings. The van der Waals surface area contributed by atoms with Crippen molar-refractivity contribution in [1.29, 1.82) is 0 Å². The molecule has 1 aliphatic heterocycles. The summed E-state index contributed by atoms with van der Waals surface area (Å²) in [5.74, 6) is -1.49. The third-order valence-electron chi connectivity index (χ3n) is 4.78. The van der Waals surface area contributed by atoms with Crippen LogP contribution >= 0.6 is 0 Å². The van der Waals surface area contributed by atoms with Crippen LogP contribution in [0.2, 0.25) is 0 Å². The van der Waals surface area contributed by atoms with Gasteiger partial charge in [0.2, 0.25) is 5.91 Å². The number of benzene rings is 2. The zero-order valence-electron chi connectivity index (χ0n) is 15.9. The summed E-state index contributed by atoms with van der Waals surface area (Å²) in [7, 11) is 0. The van der Waals surface area contributed by atoms with Gasteiger partial charge in [0.25, 0.3) is 0 Å². The standard InChI is InChI=1S/C21H20F3N3O2/c1-11-7-8-12(2)16(9-11)18-17(13(3)25-20(29)27-18)19(28)26-15-6-4-5-14(10-15)21(22,23)24/h4-10,17-18H,3H2,1-2H3,(H,26,28)(H2,25,27,29)/t17-,18-/m1/s1. The lowest BCUT2D eigenvalue weighted by molar-refractivity contribution is -0.137. The number of urea groups is 1. The normalized spacial score (nSPS) is 19.3. The number of hydrogen-bond donors (Lipinski definition) is 3. The number of anilines is 1. The van der Waals surface area contributed by atoms with Crippen LogP contribution in [0, 0.1) is 19.8 Å². The molecule has 5 nitrogen and oxygen atoms in total. The summed E-state index contributed by atoms with van der Waals surface area (Å²) in [6, 6.07) is 8.83. The highest BCUT2D eigenvalue weighted by Gasteiger charge is 2.38. The van der Waals surface area contributed by atoms with Gasteiger partial charge in [-0.1, -0.05) is 36.4 Å². The minimum absolute atomic E-state index is 0.00855. The van der Waals surface area contributed by atoms with E-state index >= 15 is 0 Å². The van der Waals surface area contributed by atoms with E-state index in [2.05, 4.69) is 22.5 Å². The summed E-state index contributed by atoms with van der Waals surface area (Å²) in [5, 5.41) is 7.72. The van der Waals surface area contributed by atoms with Gasteiger partial charge in [-0.05, 0) is 43.2 Å². The summed E-state index contributed by atoms with van der Waals surface area (Å²) < 4.78 is 38.8. The van der Waals surface area contributed by atoms with Crippen LogP contribution in [0.15, 0.2) is 54.7 Å². The summed E-state index contributed by atoms with van der Waals surface area (Å²) >= 11 is 0. The molecule has 1 heterocycles. The lowest BCUT2D eigenvalue weighted by Crippen LogP contribution is -2.52. The molecule has 0 saturated carbocycles. The van der Waals surface area contributed by atoms with Crippen molar-refractivity contribution < 1.29 is 22.8 Å². The lowest BCUT2D eigenvalue weighted by atomic mass is 9.85. The molecule has 1 saturated heterocycles. The second-order valence-electron chi connectivity index (χ2n) is 7.01. The molecule has 2 aromatic carbocycles. The second kappa shape index (κ2) is 7.62. The molecule has 0 aliphatic carbocycles. The fraction of sp³-hybridized carbons (Fsp3) is 0.238. The number of rotatable bonds is 3. The molecular formula is C21H20F3N3O2. The first-order valence-electron chi connectivity index (χ1n) is 8.88. The fourth-order valence-electron chi connectivity index (χ4n) is 3.34. The van der Waals surface area contributed by atoms with E-state index in [9.17, 15) is 22.8 Å². The van der Waals surface area contributed by atoms with Gasteiger partial charge in [-0.25, -0.2) is 4.79 Å². The van der Waals surface area contributed by atoms with Gasteiger partial charge in [-0.3, -0.25) is 4.79 Å². The Bertz CT molecular complexity index is 985. The minimum Gasteiger partial charge on any atom is -0.330 e. The maximum atomic E-state index is 13.0. The van der Waals surface area contributed by atoms with E-state index in [0.29, 0.717) is 0 Å². The van der Waals surface area contributed by atoms with Crippen molar-refractivity contribution in [3.05, 3.63) is 77.0 Å². The average molecular weight is 403 g/mol. The second-order valence-corrected chi connectivity index (χ2v) is 7.01. The summed E-state index contributed by atoms with van der Waals surface area (Å²) in [5.41, 5.74) is 1.87. The van der Waals surface area contributed by atoms with E-state index < -0.39 is 35.6 Å². The molecular weight excluding hydrogens is 383 g/mol. The van der Waals surface area contributed by atoms with Crippen LogP contribution in [0.3, 0.4) is 0 Å². The van der Waals surface area contributed by atoms with Gasteiger partial charge in [0.15, 0.2) is 0 Å². The Balaban J connectivity index is 1.93. The lowest BCUT2D eigenvalue weighted by Gasteiger charge is -2.34. The van der Waals surface area contributed by atoms with Crippen LogP contribution < -0.4 is 16.0 Å². The van der Waals surface area contributed by atoms with Crippen molar-refractivity contribution in [3.63, 3.8) is 0 Å². The van der Waals surface area contributed by atoms with Gasteiger partial charge in [0, 0.05) is 11.4 Å². The molecule has 2 atom stereocenters. The van der Waals surface area contributed by atoms with Crippen LogP contribution in [-0.4, -0.2) is 11.9 Å². The SMILES string of the molecule is C=C1NC(=O)N[C@H](c2cc(C)ccc2C)[C@@H]1C(=O)Nc1cccc(C(F)(F)F)c1. The van der Waals surface area contributed by atoms with Gasteiger partial charge < -0.3 is 16.0 Å². The Kier molecular flexibility index (Phi) is 5.37. The highest BCUT2D eigenvalue weighted by molar-refractivity contribution is 5.97. The number of aryl methyl sites for hydroxylation is 2. The largest absolute Gasteiger partial charge is 0.416 e. The zero-order chi connectivity index (χ0) is 21.3. The molecule has 2 aromatic rings. The summed E-state index contributed by atoms with van der Waals surface area (Å²) in [6.07, 6.45) is -4.52. The number of hydrogen-bond acceptors (Lipinski definition) is 2. The van der Waals surface area contributed by atoms with E-state index in [1.807, 2.05) is 32.0 Å². The molecule has 0 spiro atoms. The van der Waals surface area contributed by atoms with Crippen LogP contribution in [0.1, 0.15) is 28.3 Å². The highest BCUT2D eigenvalue weighted by Crippen LogP contribution is 2.34. The number of carbonyl (C=O) groups is 2. The third kappa shape index (κ3) is 4.42. The molecule has 152 valence electrons. The first kappa shape index (κ1) is 20.4. The van der Waals surface area contributed by atoms with Gasteiger partial charge in [-0.2, -0.15) is 13.2 Å². The molecule has 8 heteroatoms. The summed E-state index contributed by atoms with van der Waals surface area (Å²) in [6.45, 7) is 7.52. The predicted octanol–water partition coefficient (Wildman–Crippen LogP) is 4.44. The Labute approximate surface area is 166 Å². The van der Waals surface area contributed by atoms with Gasteiger partial charge in [-0.15, -0.1) is 0 Å². The van der Waals surface area contributed by atoms with Crippen molar-refractivity contribution in [2.75, 3.05) is 5.32 Å². The highest BCUT2D eigenvalue weighted by atomic mass is 19.4. The Morgan fingerprint density at radius 3 is 2.55 bits per heavy atom. The Hall–Kier alpha value is -3.29. The van der Waals surface area contributed by atoms with Gasteiger partial charge >= 0.3 is 12.2 Å². The number of carbonyl (C=O) groups excluding carboxylic acids is 2. The fourth-order valence-corrected chi connectivity index (χ4v) is 3.34. The number of alkyl halides is 3. The number of halogens is 3. The van der Waals surface area contributed by atoms with Crippen LogP contribution in [-0.2, 0) is 11.0 Å². The maximum absolute atomic E-state index is 13.0. The van der Waals surface area contributed by atoms with E-state index in [0.717, 1.165) is 28.8 Å². The van der Waals surface area contributed by atoms with Gasteiger partial charge in [0.1, 0.15) is 5.92 Å². The van der Waals surface area contributed by atoms with E-state index in [1.165, 1.54) is 12.1 Å². The molecule has 3 N–H and O–H groups in total. The van der Waals surface area contributed by atoms with Crippen molar-refractivity contribution in [2.24, 2.45) is 5.92 Å². The minimum atomic E-state index is -4.52. The average Bonchev–Trinajstić information content (AvgIpc) is 2.62. The molecule has 3 rings (SSSR count). The van der Waals surface area contributed by atoms with Crippen molar-refractivity contribution in [3.8, 4) is 0 Å². The quantitative estimate of drug-likeness (QED) is 0.709. The monoisotopic (exact) mass is 403 g/mol. The van der Waals surface area contributed by atoms with Crippen LogP contribution in [0.25, 0.3) is 0 Å². The first-order chi connectivity index (χ1) is 13.6. The van der Waals surface area contributed by atoms with Crippen molar-refractivity contribution in [1.82, 2.24) is 10.6 Å². The smallest absolute Gasteiger partial charge is 0.330 e. The van der Waals surface area contributed by atoms with E-state index in [1.54, 1.807) is 0 Å². The van der Waals surface area contributed by atoms with E-state index in [4.69, 9.17) is 0 Å². The molecule has 0 unspecified atom stereocenters. The predicted molar refractivity (Wildman–Crippen MR) is 103 cm³/mol. The first-order valence-corrected chi connectivity index (χ1v) is 8.88. The topological polar surface area (TPSA) is 70.2 Å². The summed E-state index contributed by atoms with van der Waals surface area (Å²) in [4.78, 5) is 25.0. The molecule has 1 aliphatic rings. The van der Waals surface area contributed by atoms with Crippen molar-refractivity contribution in [2.45, 2.75) is 26.1 Å². The zero-order valence-corrected chi connectivity index (χ0v) is 15.9. The Morgan fingerprint density at radius 1 is 1.14 bits per heavy atom. The Morgan fingerprint density at radius 2 is 1.86 bits per heavy atom. The third-order valence-corrected chi connectivity index (χ3v) is 4.78. The van der Waals surface area contributed by atoms with Crippen LogP contribution in [0.4, 0.5) is 23.7 Å². The maximum Gasteiger partial charge on any atom is 0.416 e. The molecule has 0 aromatic heterocycles. The molecule has 0 bridgehead atoms.